The number of amides is 3. The van der Waals surface area contributed by atoms with Crippen molar-refractivity contribution < 1.29 is 23.2 Å². The number of anilines is 2. The topological polar surface area (TPSA) is 121 Å². The molecule has 10 heteroatoms. The quantitative estimate of drug-likeness (QED) is 0.610. The average molecular weight is 399 g/mol. The molecular weight excluding hydrogens is 384 g/mol. The molecule has 0 unspecified atom stereocenters. The zero-order chi connectivity index (χ0) is 21.1. The molecule has 3 aromatic rings. The van der Waals surface area contributed by atoms with E-state index in [-0.39, 0.29) is 11.4 Å². The molecule has 4 N–H and O–H groups in total. The molecule has 0 saturated carbocycles. The number of aromatic amines is 1. The summed E-state index contributed by atoms with van der Waals surface area (Å²) in [6.45, 7) is 0. The number of imidazole rings is 1. The molecule has 148 valence electrons. The Morgan fingerprint density at radius 2 is 1.79 bits per heavy atom. The zero-order valence-electron chi connectivity index (χ0n) is 15.1. The van der Waals surface area contributed by atoms with Crippen molar-refractivity contribution in [2.24, 2.45) is 5.73 Å². The SMILES string of the molecule is CN(C(=O)c1nc[nH]c1C(N)=O)c1ccc(NC(=O)c2cccc(F)c2F)cc1. The van der Waals surface area contributed by atoms with Crippen LogP contribution in [-0.4, -0.2) is 34.7 Å². The Morgan fingerprint density at radius 3 is 2.45 bits per heavy atom. The van der Waals surface area contributed by atoms with Gasteiger partial charge in [0.05, 0.1) is 11.9 Å². The third kappa shape index (κ3) is 3.95. The van der Waals surface area contributed by atoms with Gasteiger partial charge in [-0.2, -0.15) is 0 Å². The van der Waals surface area contributed by atoms with Crippen LogP contribution in [0.5, 0.6) is 0 Å². The van der Waals surface area contributed by atoms with Crippen LogP contribution in [0.2, 0.25) is 0 Å². The number of H-pyrrole nitrogens is 1. The Balaban J connectivity index is 1.75. The number of carbonyl (C=O) groups is 3. The number of hydrogen-bond donors (Lipinski definition) is 3. The van der Waals surface area contributed by atoms with E-state index in [1.807, 2.05) is 0 Å². The Labute approximate surface area is 163 Å². The van der Waals surface area contributed by atoms with Crippen LogP contribution in [0.15, 0.2) is 48.8 Å². The van der Waals surface area contributed by atoms with Crippen molar-refractivity contribution in [2.45, 2.75) is 0 Å². The second kappa shape index (κ2) is 7.89. The number of hydrogen-bond acceptors (Lipinski definition) is 4. The summed E-state index contributed by atoms with van der Waals surface area (Å²) in [4.78, 5) is 43.6. The first-order valence-corrected chi connectivity index (χ1v) is 8.26. The number of rotatable bonds is 5. The molecule has 0 atom stereocenters. The van der Waals surface area contributed by atoms with Gasteiger partial charge in [0.2, 0.25) is 0 Å². The summed E-state index contributed by atoms with van der Waals surface area (Å²) in [5.74, 6) is -4.57. The predicted molar refractivity (Wildman–Crippen MR) is 101 cm³/mol. The van der Waals surface area contributed by atoms with Crippen LogP contribution in [-0.2, 0) is 0 Å². The maximum atomic E-state index is 13.7. The molecule has 2 aromatic carbocycles. The molecule has 3 rings (SSSR count). The van der Waals surface area contributed by atoms with E-state index in [1.54, 1.807) is 0 Å². The zero-order valence-corrected chi connectivity index (χ0v) is 15.1. The Bertz CT molecular complexity index is 1100. The fraction of sp³-hybridized carbons (Fsp3) is 0.0526. The van der Waals surface area contributed by atoms with E-state index >= 15 is 0 Å². The lowest BCUT2D eigenvalue weighted by Gasteiger charge is -2.17. The summed E-state index contributed by atoms with van der Waals surface area (Å²) in [5, 5.41) is 2.45. The summed E-state index contributed by atoms with van der Waals surface area (Å²) >= 11 is 0. The first-order valence-electron chi connectivity index (χ1n) is 8.26. The van der Waals surface area contributed by atoms with Gasteiger partial charge in [0, 0.05) is 18.4 Å². The minimum Gasteiger partial charge on any atom is -0.364 e. The van der Waals surface area contributed by atoms with Crippen LogP contribution in [0.25, 0.3) is 0 Å². The van der Waals surface area contributed by atoms with Gasteiger partial charge >= 0.3 is 0 Å². The number of halogens is 2. The lowest BCUT2D eigenvalue weighted by Crippen LogP contribution is -2.29. The molecule has 29 heavy (non-hydrogen) atoms. The monoisotopic (exact) mass is 399 g/mol. The molecule has 0 bridgehead atoms. The van der Waals surface area contributed by atoms with Gasteiger partial charge in [0.25, 0.3) is 17.7 Å². The number of nitrogens with one attached hydrogen (secondary N) is 2. The average Bonchev–Trinajstić information content (AvgIpc) is 3.19. The van der Waals surface area contributed by atoms with Crippen molar-refractivity contribution in [1.29, 1.82) is 0 Å². The van der Waals surface area contributed by atoms with E-state index in [1.165, 1.54) is 48.6 Å². The Kier molecular flexibility index (Phi) is 5.35. The highest BCUT2D eigenvalue weighted by atomic mass is 19.2. The molecule has 8 nitrogen and oxygen atoms in total. The Hall–Kier alpha value is -4.08. The van der Waals surface area contributed by atoms with Crippen LogP contribution in [0.1, 0.15) is 31.3 Å². The minimum atomic E-state index is -1.24. The van der Waals surface area contributed by atoms with Gasteiger partial charge in [-0.1, -0.05) is 6.07 Å². The molecule has 1 heterocycles. The van der Waals surface area contributed by atoms with Crippen molar-refractivity contribution in [3.63, 3.8) is 0 Å². The molecule has 0 saturated heterocycles. The first kappa shape index (κ1) is 19.7. The van der Waals surface area contributed by atoms with Crippen LogP contribution in [0.4, 0.5) is 20.2 Å². The normalized spacial score (nSPS) is 10.4. The summed E-state index contributed by atoms with van der Waals surface area (Å²) in [6, 6.07) is 9.30. The Morgan fingerprint density at radius 1 is 1.10 bits per heavy atom. The fourth-order valence-electron chi connectivity index (χ4n) is 2.57. The summed E-state index contributed by atoms with van der Waals surface area (Å²) < 4.78 is 27.0. The highest BCUT2D eigenvalue weighted by Gasteiger charge is 2.22. The number of nitrogens with zero attached hydrogens (tertiary/aromatic N) is 2. The molecule has 0 aliphatic heterocycles. The third-order valence-electron chi connectivity index (χ3n) is 4.10. The maximum absolute atomic E-state index is 13.7. The molecule has 1 aromatic heterocycles. The van der Waals surface area contributed by atoms with Crippen molar-refractivity contribution >= 4 is 29.1 Å². The van der Waals surface area contributed by atoms with E-state index in [2.05, 4.69) is 15.3 Å². The number of primary amides is 1. The molecule has 0 aliphatic rings. The van der Waals surface area contributed by atoms with Gasteiger partial charge in [-0.25, -0.2) is 13.8 Å². The number of benzene rings is 2. The summed E-state index contributed by atoms with van der Waals surface area (Å²) in [7, 11) is 1.47. The van der Waals surface area contributed by atoms with Crippen LogP contribution in [0, 0.1) is 11.6 Å². The molecule has 3 amide bonds. The smallest absolute Gasteiger partial charge is 0.279 e. The van der Waals surface area contributed by atoms with Gasteiger partial charge in [-0.05, 0) is 36.4 Å². The molecule has 0 radical (unpaired) electrons. The molecule has 0 aliphatic carbocycles. The van der Waals surface area contributed by atoms with E-state index in [0.717, 1.165) is 12.1 Å². The lowest BCUT2D eigenvalue weighted by molar-refractivity contribution is 0.0958. The van der Waals surface area contributed by atoms with Crippen molar-refractivity contribution in [3.8, 4) is 0 Å². The highest BCUT2D eigenvalue weighted by molar-refractivity contribution is 6.11. The van der Waals surface area contributed by atoms with Gasteiger partial charge in [0.1, 0.15) is 5.69 Å². The van der Waals surface area contributed by atoms with E-state index in [9.17, 15) is 23.2 Å². The molecule has 0 fully saturated rings. The number of nitrogens with two attached hydrogens (primary N) is 1. The van der Waals surface area contributed by atoms with Gasteiger partial charge in [0.15, 0.2) is 17.3 Å². The van der Waals surface area contributed by atoms with Crippen molar-refractivity contribution in [3.05, 3.63) is 77.4 Å². The van der Waals surface area contributed by atoms with Crippen molar-refractivity contribution in [2.75, 3.05) is 17.3 Å². The third-order valence-corrected chi connectivity index (χ3v) is 4.10. The highest BCUT2D eigenvalue weighted by Crippen LogP contribution is 2.20. The molecule has 0 spiro atoms. The second-order valence-electron chi connectivity index (χ2n) is 5.96. The standard InChI is InChI=1S/C19H15F2N5O3/c1-26(19(29)16-15(17(22)27)23-9-24-16)11-7-5-10(6-8-11)25-18(28)12-3-2-4-13(20)14(12)21/h2-9H,1H3,(H2,22,27)(H,23,24)(H,25,28). The van der Waals surface area contributed by atoms with Gasteiger partial charge in [-0.3, -0.25) is 14.4 Å². The lowest BCUT2D eigenvalue weighted by atomic mass is 10.2. The number of aromatic nitrogens is 2. The van der Waals surface area contributed by atoms with Gasteiger partial charge in [-0.15, -0.1) is 0 Å². The fourth-order valence-corrected chi connectivity index (χ4v) is 2.57. The van der Waals surface area contributed by atoms with Gasteiger partial charge < -0.3 is 20.9 Å². The summed E-state index contributed by atoms with van der Waals surface area (Å²) in [6.07, 6.45) is 1.19. The van der Waals surface area contributed by atoms with E-state index in [4.69, 9.17) is 5.73 Å². The van der Waals surface area contributed by atoms with Crippen LogP contribution < -0.4 is 16.0 Å². The van der Waals surface area contributed by atoms with Crippen LogP contribution >= 0.6 is 0 Å². The largest absolute Gasteiger partial charge is 0.364 e. The minimum absolute atomic E-state index is 0.108. The maximum Gasteiger partial charge on any atom is 0.279 e. The van der Waals surface area contributed by atoms with E-state index < -0.39 is 34.9 Å². The van der Waals surface area contributed by atoms with Crippen LogP contribution in [0.3, 0.4) is 0 Å². The first-order chi connectivity index (χ1) is 13.8. The number of carbonyl (C=O) groups excluding carboxylic acids is 3. The van der Waals surface area contributed by atoms with Crippen molar-refractivity contribution in [1.82, 2.24) is 9.97 Å². The second-order valence-corrected chi connectivity index (χ2v) is 5.96. The predicted octanol–water partition coefficient (Wildman–Crippen LogP) is 2.32. The van der Waals surface area contributed by atoms with E-state index in [0.29, 0.717) is 11.4 Å². The molecular formula is C19H15F2N5O3. The summed E-state index contributed by atoms with van der Waals surface area (Å²) in [5.41, 5.74) is 5.27.